The molecule has 0 aliphatic rings. The lowest BCUT2D eigenvalue weighted by Gasteiger charge is -2.08. The molecule has 0 saturated carbocycles. The molecule has 0 bridgehead atoms. The fourth-order valence-corrected chi connectivity index (χ4v) is 1.21. The summed E-state index contributed by atoms with van der Waals surface area (Å²) in [5.41, 5.74) is 1.47. The standard InChI is InChI=1S/C11H10ClF3N2O2/c1-2-19-10(18)9(12)17-16-8-5-3-4-7(6-8)11(13,14)15/h3-6,16H,2H2,1H3/b17-9+. The fraction of sp³-hybridized carbons (Fsp3) is 0.273. The van der Waals surface area contributed by atoms with Gasteiger partial charge in [0.2, 0.25) is 5.17 Å². The number of nitrogens with one attached hydrogen (secondary N) is 1. The van der Waals surface area contributed by atoms with E-state index in [1.54, 1.807) is 6.92 Å². The van der Waals surface area contributed by atoms with Crippen molar-refractivity contribution in [2.45, 2.75) is 13.1 Å². The Morgan fingerprint density at radius 1 is 1.47 bits per heavy atom. The molecule has 0 aromatic heterocycles. The largest absolute Gasteiger partial charge is 0.461 e. The minimum atomic E-state index is -4.45. The van der Waals surface area contributed by atoms with Gasteiger partial charge in [0.1, 0.15) is 0 Å². The molecule has 1 N–H and O–H groups in total. The van der Waals surface area contributed by atoms with Gasteiger partial charge in [0, 0.05) is 0 Å². The van der Waals surface area contributed by atoms with Crippen molar-refractivity contribution in [3.63, 3.8) is 0 Å². The Bertz CT molecular complexity index is 489. The summed E-state index contributed by atoms with van der Waals surface area (Å²) < 4.78 is 41.8. The van der Waals surface area contributed by atoms with Crippen LogP contribution in [0.4, 0.5) is 18.9 Å². The molecule has 0 spiro atoms. The zero-order valence-corrected chi connectivity index (χ0v) is 10.5. The molecule has 19 heavy (non-hydrogen) atoms. The second-order valence-electron chi connectivity index (χ2n) is 3.31. The zero-order chi connectivity index (χ0) is 14.5. The molecule has 0 amide bonds. The average molecular weight is 295 g/mol. The monoisotopic (exact) mass is 294 g/mol. The second-order valence-corrected chi connectivity index (χ2v) is 3.67. The number of benzene rings is 1. The fourth-order valence-electron chi connectivity index (χ4n) is 1.11. The van der Waals surface area contributed by atoms with Crippen LogP contribution in [0.5, 0.6) is 0 Å². The first-order chi connectivity index (χ1) is 8.84. The summed E-state index contributed by atoms with van der Waals surface area (Å²) in [5.74, 6) is -0.858. The number of carbonyl (C=O) groups excluding carboxylic acids is 1. The highest BCUT2D eigenvalue weighted by Crippen LogP contribution is 2.30. The molecule has 0 fully saturated rings. The van der Waals surface area contributed by atoms with Crippen molar-refractivity contribution in [1.29, 1.82) is 0 Å². The van der Waals surface area contributed by atoms with Crippen molar-refractivity contribution in [3.8, 4) is 0 Å². The van der Waals surface area contributed by atoms with E-state index in [-0.39, 0.29) is 12.3 Å². The Morgan fingerprint density at radius 3 is 2.74 bits per heavy atom. The van der Waals surface area contributed by atoms with Crippen LogP contribution in [0.25, 0.3) is 0 Å². The van der Waals surface area contributed by atoms with Gasteiger partial charge in [-0.1, -0.05) is 17.7 Å². The molecule has 0 aliphatic heterocycles. The number of rotatable bonds is 4. The van der Waals surface area contributed by atoms with E-state index < -0.39 is 22.9 Å². The van der Waals surface area contributed by atoms with Crippen LogP contribution in [0.2, 0.25) is 0 Å². The number of nitrogens with zero attached hydrogens (tertiary/aromatic N) is 1. The topological polar surface area (TPSA) is 50.7 Å². The van der Waals surface area contributed by atoms with Crippen LogP contribution in [0, 0.1) is 0 Å². The average Bonchev–Trinajstić information content (AvgIpc) is 2.35. The van der Waals surface area contributed by atoms with Gasteiger partial charge in [-0.3, -0.25) is 5.43 Å². The van der Waals surface area contributed by atoms with Crippen LogP contribution in [-0.4, -0.2) is 17.7 Å². The zero-order valence-electron chi connectivity index (χ0n) is 9.79. The van der Waals surface area contributed by atoms with Gasteiger partial charge in [-0.25, -0.2) is 4.79 Å². The van der Waals surface area contributed by atoms with E-state index in [0.717, 1.165) is 12.1 Å². The molecular formula is C11H10ClF3N2O2. The quantitative estimate of drug-likeness (QED) is 0.527. The van der Waals surface area contributed by atoms with Gasteiger partial charge in [-0.15, -0.1) is 0 Å². The molecule has 1 rings (SSSR count). The summed E-state index contributed by atoms with van der Waals surface area (Å²) in [4.78, 5) is 11.1. The minimum absolute atomic E-state index is 0.0530. The van der Waals surface area contributed by atoms with Crippen molar-refractivity contribution < 1.29 is 22.7 Å². The van der Waals surface area contributed by atoms with Gasteiger partial charge >= 0.3 is 12.1 Å². The first-order valence-corrected chi connectivity index (χ1v) is 5.56. The second kappa shape index (κ2) is 6.42. The van der Waals surface area contributed by atoms with Gasteiger partial charge in [-0.05, 0) is 25.1 Å². The number of carbonyl (C=O) groups is 1. The molecular weight excluding hydrogens is 285 g/mol. The molecule has 8 heteroatoms. The lowest BCUT2D eigenvalue weighted by atomic mass is 10.2. The Balaban J connectivity index is 2.78. The molecule has 0 aliphatic carbocycles. The highest BCUT2D eigenvalue weighted by atomic mass is 35.5. The normalized spacial score (nSPS) is 12.2. The number of hydrazone groups is 1. The Kier molecular flexibility index (Phi) is 5.17. The van der Waals surface area contributed by atoms with Gasteiger partial charge < -0.3 is 4.74 Å². The number of ether oxygens (including phenoxy) is 1. The summed E-state index contributed by atoms with van der Waals surface area (Å²) >= 11 is 5.48. The summed E-state index contributed by atoms with van der Waals surface area (Å²) in [6.45, 7) is 1.70. The van der Waals surface area contributed by atoms with Gasteiger partial charge in [0.15, 0.2) is 0 Å². The highest BCUT2D eigenvalue weighted by molar-refractivity contribution is 6.82. The third kappa shape index (κ3) is 4.78. The van der Waals surface area contributed by atoms with E-state index in [9.17, 15) is 18.0 Å². The summed E-state index contributed by atoms with van der Waals surface area (Å²) in [6, 6.07) is 4.33. The van der Waals surface area contributed by atoms with Crippen LogP contribution in [0.3, 0.4) is 0 Å². The molecule has 0 radical (unpaired) electrons. The number of esters is 1. The van der Waals surface area contributed by atoms with Gasteiger partial charge in [0.05, 0.1) is 17.9 Å². The van der Waals surface area contributed by atoms with Crippen LogP contribution < -0.4 is 5.43 Å². The maximum atomic E-state index is 12.4. The SMILES string of the molecule is CCOC(=O)/C(Cl)=N\Nc1cccc(C(F)(F)F)c1. The molecule has 1 aromatic carbocycles. The predicted molar refractivity (Wildman–Crippen MR) is 65.0 cm³/mol. The van der Waals surface area contributed by atoms with Gasteiger partial charge in [-0.2, -0.15) is 18.3 Å². The lowest BCUT2D eigenvalue weighted by Crippen LogP contribution is -2.13. The van der Waals surface area contributed by atoms with E-state index in [2.05, 4.69) is 15.3 Å². The van der Waals surface area contributed by atoms with Crippen LogP contribution >= 0.6 is 11.6 Å². The Hall–Kier alpha value is -1.76. The number of alkyl halides is 3. The highest BCUT2D eigenvalue weighted by Gasteiger charge is 2.30. The lowest BCUT2D eigenvalue weighted by molar-refractivity contribution is -0.137. The first kappa shape index (κ1) is 15.3. The molecule has 0 heterocycles. The van der Waals surface area contributed by atoms with Crippen molar-refractivity contribution in [2.24, 2.45) is 5.10 Å². The van der Waals surface area contributed by atoms with Crippen molar-refractivity contribution in [2.75, 3.05) is 12.0 Å². The van der Waals surface area contributed by atoms with Gasteiger partial charge in [0.25, 0.3) is 0 Å². The van der Waals surface area contributed by atoms with E-state index in [1.165, 1.54) is 12.1 Å². The molecule has 1 aromatic rings. The molecule has 104 valence electrons. The van der Waals surface area contributed by atoms with Crippen molar-refractivity contribution >= 4 is 28.4 Å². The maximum absolute atomic E-state index is 12.4. The Labute approximate surface area is 112 Å². The van der Waals surface area contributed by atoms with Crippen molar-refractivity contribution in [1.82, 2.24) is 0 Å². The predicted octanol–water partition coefficient (Wildman–Crippen LogP) is 3.23. The van der Waals surface area contributed by atoms with Crippen LogP contribution in [0.15, 0.2) is 29.4 Å². The minimum Gasteiger partial charge on any atom is -0.461 e. The van der Waals surface area contributed by atoms with E-state index in [0.29, 0.717) is 0 Å². The molecule has 4 nitrogen and oxygen atoms in total. The smallest absolute Gasteiger partial charge is 0.416 e. The number of hydrogen-bond acceptors (Lipinski definition) is 4. The van der Waals surface area contributed by atoms with E-state index >= 15 is 0 Å². The maximum Gasteiger partial charge on any atom is 0.416 e. The van der Waals surface area contributed by atoms with Crippen LogP contribution in [-0.2, 0) is 15.7 Å². The first-order valence-electron chi connectivity index (χ1n) is 5.18. The van der Waals surface area contributed by atoms with E-state index in [4.69, 9.17) is 11.6 Å². The summed E-state index contributed by atoms with van der Waals surface area (Å²) in [6.07, 6.45) is -4.45. The molecule has 0 unspecified atom stereocenters. The van der Waals surface area contributed by atoms with E-state index in [1.807, 2.05) is 0 Å². The molecule has 0 saturated heterocycles. The van der Waals surface area contributed by atoms with Crippen LogP contribution in [0.1, 0.15) is 12.5 Å². The number of anilines is 1. The summed E-state index contributed by atoms with van der Waals surface area (Å²) in [5, 5.41) is 2.93. The Morgan fingerprint density at radius 2 is 2.16 bits per heavy atom. The van der Waals surface area contributed by atoms with Crippen molar-refractivity contribution in [3.05, 3.63) is 29.8 Å². The summed E-state index contributed by atoms with van der Waals surface area (Å²) in [7, 11) is 0. The molecule has 0 atom stereocenters. The third-order valence-electron chi connectivity index (χ3n) is 1.92. The third-order valence-corrected chi connectivity index (χ3v) is 2.16. The number of halogens is 4. The number of hydrogen-bond donors (Lipinski definition) is 1.